The van der Waals surface area contributed by atoms with Crippen LogP contribution in [0, 0.1) is 0 Å². The van der Waals surface area contributed by atoms with Gasteiger partial charge in [-0.25, -0.2) is 0 Å². The molecule has 86 valence electrons. The third-order valence-corrected chi connectivity index (χ3v) is 3.25. The van der Waals surface area contributed by atoms with Gasteiger partial charge in [-0.3, -0.25) is 4.79 Å². The molecule has 2 unspecified atom stereocenters. The van der Waals surface area contributed by atoms with Crippen LogP contribution in [0.15, 0.2) is 24.3 Å². The molecule has 0 aromatic heterocycles. The Morgan fingerprint density at radius 1 is 1.50 bits per heavy atom. The van der Waals surface area contributed by atoms with Crippen LogP contribution < -0.4 is 5.32 Å². The molecule has 1 aliphatic rings. The van der Waals surface area contributed by atoms with Gasteiger partial charge in [-0.2, -0.15) is 0 Å². The highest BCUT2D eigenvalue weighted by molar-refractivity contribution is 6.30. The van der Waals surface area contributed by atoms with Gasteiger partial charge in [0, 0.05) is 0 Å². The lowest BCUT2D eigenvalue weighted by molar-refractivity contribution is -0.121. The van der Waals surface area contributed by atoms with E-state index in [-0.39, 0.29) is 11.9 Å². The maximum atomic E-state index is 11.6. The van der Waals surface area contributed by atoms with Gasteiger partial charge in [0.25, 0.3) is 0 Å². The third kappa shape index (κ3) is 2.38. The summed E-state index contributed by atoms with van der Waals surface area (Å²) in [7, 11) is 0. The van der Waals surface area contributed by atoms with E-state index in [9.17, 15) is 4.79 Å². The summed E-state index contributed by atoms with van der Waals surface area (Å²) < 4.78 is 0. The summed E-state index contributed by atoms with van der Waals surface area (Å²) in [5.41, 5.74) is 2.60. The smallest absolute Gasteiger partial charge is 0.238 e. The number of rotatable bonds is 2. The molecule has 1 aromatic carbocycles. The fraction of sp³-hybridized carbons (Fsp3) is 0.462. The van der Waals surface area contributed by atoms with Crippen molar-refractivity contribution < 1.29 is 4.79 Å². The number of carbonyl (C=O) groups excluding carboxylic acids is 1. The van der Waals surface area contributed by atoms with Crippen molar-refractivity contribution in [2.45, 2.75) is 37.6 Å². The van der Waals surface area contributed by atoms with Gasteiger partial charge in [-0.15, -0.1) is 11.6 Å². The van der Waals surface area contributed by atoms with E-state index in [1.807, 2.05) is 12.1 Å². The molecule has 1 aliphatic carbocycles. The third-order valence-electron chi connectivity index (χ3n) is 3.05. The molecule has 0 saturated heterocycles. The number of hydrogen-bond acceptors (Lipinski definition) is 1. The highest BCUT2D eigenvalue weighted by Gasteiger charge is 2.22. The second kappa shape index (κ2) is 4.88. The van der Waals surface area contributed by atoms with Crippen molar-refractivity contribution in [3.05, 3.63) is 35.4 Å². The van der Waals surface area contributed by atoms with E-state index >= 15 is 0 Å². The van der Waals surface area contributed by atoms with Crippen molar-refractivity contribution in [1.82, 2.24) is 5.32 Å². The molecule has 1 amide bonds. The lowest BCUT2D eigenvalue weighted by atomic mass is 9.88. The van der Waals surface area contributed by atoms with Crippen molar-refractivity contribution in [3.8, 4) is 0 Å². The number of amides is 1. The minimum atomic E-state index is -0.464. The average molecular weight is 238 g/mol. The molecule has 1 N–H and O–H groups in total. The molecule has 0 saturated carbocycles. The summed E-state index contributed by atoms with van der Waals surface area (Å²) in [5, 5.41) is 2.54. The number of aryl methyl sites for hydroxylation is 1. The highest BCUT2D eigenvalue weighted by Crippen LogP contribution is 2.29. The monoisotopic (exact) mass is 237 g/mol. The molecule has 2 nitrogen and oxygen atoms in total. The summed E-state index contributed by atoms with van der Waals surface area (Å²) in [5.74, 6) is -0.0802. The Morgan fingerprint density at radius 2 is 2.25 bits per heavy atom. The first-order valence-corrected chi connectivity index (χ1v) is 6.14. The van der Waals surface area contributed by atoms with E-state index in [4.69, 9.17) is 11.6 Å². The van der Waals surface area contributed by atoms with E-state index in [0.717, 1.165) is 19.3 Å². The van der Waals surface area contributed by atoms with Crippen LogP contribution in [0.1, 0.15) is 36.9 Å². The number of nitrogens with one attached hydrogen (secondary N) is 1. The van der Waals surface area contributed by atoms with Gasteiger partial charge in [0.05, 0.1) is 6.04 Å². The second-order valence-electron chi connectivity index (χ2n) is 4.27. The summed E-state index contributed by atoms with van der Waals surface area (Å²) >= 11 is 5.76. The van der Waals surface area contributed by atoms with Crippen molar-refractivity contribution in [2.75, 3.05) is 0 Å². The Labute approximate surface area is 101 Å². The van der Waals surface area contributed by atoms with E-state index in [1.165, 1.54) is 11.1 Å². The van der Waals surface area contributed by atoms with Crippen LogP contribution in [0.5, 0.6) is 0 Å². The van der Waals surface area contributed by atoms with E-state index in [0.29, 0.717) is 0 Å². The largest absolute Gasteiger partial charge is 0.348 e. The van der Waals surface area contributed by atoms with Crippen LogP contribution in [-0.4, -0.2) is 11.3 Å². The standard InChI is InChI=1S/C13H16ClNO/c1-9(14)13(16)15-12-8-4-6-10-5-2-3-7-11(10)12/h2-3,5,7,9,12H,4,6,8H2,1H3,(H,15,16). The summed E-state index contributed by atoms with van der Waals surface area (Å²) in [6.07, 6.45) is 3.24. The topological polar surface area (TPSA) is 29.1 Å². The molecule has 0 aliphatic heterocycles. The lowest BCUT2D eigenvalue weighted by Gasteiger charge is -2.26. The summed E-state index contributed by atoms with van der Waals surface area (Å²) in [6, 6.07) is 8.44. The molecule has 0 heterocycles. The fourth-order valence-electron chi connectivity index (χ4n) is 2.19. The van der Waals surface area contributed by atoms with Crippen molar-refractivity contribution in [3.63, 3.8) is 0 Å². The molecular weight excluding hydrogens is 222 g/mol. The van der Waals surface area contributed by atoms with Crippen LogP contribution in [0.2, 0.25) is 0 Å². The van der Waals surface area contributed by atoms with E-state index in [2.05, 4.69) is 17.4 Å². The minimum absolute atomic E-state index is 0.0802. The fourth-order valence-corrected chi connectivity index (χ4v) is 2.25. The number of fused-ring (bicyclic) bond motifs is 1. The maximum Gasteiger partial charge on any atom is 0.238 e. The van der Waals surface area contributed by atoms with Gasteiger partial charge in [0.2, 0.25) is 5.91 Å². The molecule has 0 spiro atoms. The van der Waals surface area contributed by atoms with Crippen molar-refractivity contribution in [1.29, 1.82) is 0 Å². The summed E-state index contributed by atoms with van der Waals surface area (Å²) in [6.45, 7) is 1.70. The zero-order valence-corrected chi connectivity index (χ0v) is 10.1. The Kier molecular flexibility index (Phi) is 3.49. The predicted octanol–water partition coefficient (Wildman–Crippen LogP) is 2.81. The van der Waals surface area contributed by atoms with Crippen LogP contribution in [0.25, 0.3) is 0 Å². The molecule has 1 aromatic rings. The highest BCUT2D eigenvalue weighted by atomic mass is 35.5. The molecular formula is C13H16ClNO. The Bertz CT molecular complexity index is 389. The quantitative estimate of drug-likeness (QED) is 0.788. The predicted molar refractivity (Wildman–Crippen MR) is 65.6 cm³/mol. The molecule has 3 heteroatoms. The van der Waals surface area contributed by atoms with Gasteiger partial charge < -0.3 is 5.32 Å². The van der Waals surface area contributed by atoms with E-state index in [1.54, 1.807) is 6.92 Å². The molecule has 0 fully saturated rings. The number of benzene rings is 1. The van der Waals surface area contributed by atoms with Crippen LogP contribution in [-0.2, 0) is 11.2 Å². The van der Waals surface area contributed by atoms with Crippen molar-refractivity contribution >= 4 is 17.5 Å². The van der Waals surface area contributed by atoms with Gasteiger partial charge >= 0.3 is 0 Å². The normalized spacial score (nSPS) is 21.0. The SMILES string of the molecule is CC(Cl)C(=O)NC1CCCc2ccccc21. The maximum absolute atomic E-state index is 11.6. The number of hydrogen-bond donors (Lipinski definition) is 1. The lowest BCUT2D eigenvalue weighted by Crippen LogP contribution is -2.35. The Hall–Kier alpha value is -1.02. The first-order valence-electron chi connectivity index (χ1n) is 5.70. The van der Waals surface area contributed by atoms with Crippen LogP contribution in [0.3, 0.4) is 0 Å². The van der Waals surface area contributed by atoms with Crippen LogP contribution in [0.4, 0.5) is 0 Å². The van der Waals surface area contributed by atoms with Gasteiger partial charge in [0.1, 0.15) is 5.38 Å². The van der Waals surface area contributed by atoms with Crippen molar-refractivity contribution in [2.24, 2.45) is 0 Å². The molecule has 0 bridgehead atoms. The van der Waals surface area contributed by atoms with Crippen LogP contribution >= 0.6 is 11.6 Å². The minimum Gasteiger partial charge on any atom is -0.348 e. The summed E-state index contributed by atoms with van der Waals surface area (Å²) in [4.78, 5) is 11.6. The number of alkyl halides is 1. The van der Waals surface area contributed by atoms with Gasteiger partial charge in [0.15, 0.2) is 0 Å². The first kappa shape index (κ1) is 11.5. The molecule has 2 rings (SSSR count). The molecule has 16 heavy (non-hydrogen) atoms. The first-order chi connectivity index (χ1) is 7.68. The van der Waals surface area contributed by atoms with Gasteiger partial charge in [-0.1, -0.05) is 24.3 Å². The zero-order chi connectivity index (χ0) is 11.5. The number of carbonyl (C=O) groups is 1. The van der Waals surface area contributed by atoms with E-state index < -0.39 is 5.38 Å². The zero-order valence-electron chi connectivity index (χ0n) is 9.37. The molecule has 0 radical (unpaired) electrons. The Balaban J connectivity index is 2.16. The molecule has 2 atom stereocenters. The Morgan fingerprint density at radius 3 is 3.00 bits per heavy atom. The van der Waals surface area contributed by atoms with Gasteiger partial charge in [-0.05, 0) is 37.3 Å². The second-order valence-corrected chi connectivity index (χ2v) is 4.92. The number of halogens is 1. The average Bonchev–Trinajstić information content (AvgIpc) is 2.29.